The minimum Gasteiger partial charge on any atom is -0.480 e. The maximum absolute atomic E-state index is 13.2. The number of sulfonamides is 1. The number of carbonyl (C=O) groups excluding carboxylic acids is 3. The lowest BCUT2D eigenvalue weighted by atomic mass is 9.95. The summed E-state index contributed by atoms with van der Waals surface area (Å²) in [7, 11) is -4.12. The fraction of sp³-hybridized carbons (Fsp3) is 0.615. The predicted molar refractivity (Wildman–Crippen MR) is 147 cm³/mol. The number of rotatable bonds is 10. The van der Waals surface area contributed by atoms with Gasteiger partial charge in [0.25, 0.3) is 0 Å². The number of aliphatic carboxylic acids is 1. The van der Waals surface area contributed by atoms with Crippen LogP contribution in [0, 0.1) is 5.92 Å². The molecule has 1 aromatic carbocycles. The molecule has 220 valence electrons. The minimum absolute atomic E-state index is 0.0692. The number of likely N-dealkylation sites (tertiary alicyclic amines) is 2. The number of carbonyl (C=O) groups is 4. The molecule has 14 heteroatoms. The zero-order chi connectivity index (χ0) is 29.0. The third-order valence-corrected chi connectivity index (χ3v) is 10.2. The Labute approximate surface area is 243 Å². The van der Waals surface area contributed by atoms with E-state index in [-0.39, 0.29) is 52.6 Å². The van der Waals surface area contributed by atoms with Crippen molar-refractivity contribution in [3.8, 4) is 0 Å². The van der Waals surface area contributed by atoms with Crippen LogP contribution in [0.4, 0.5) is 0 Å². The van der Waals surface area contributed by atoms with E-state index in [9.17, 15) is 32.7 Å². The average molecular weight is 618 g/mol. The summed E-state index contributed by atoms with van der Waals surface area (Å²) in [6.07, 6.45) is 3.50. The lowest BCUT2D eigenvalue weighted by Gasteiger charge is -2.34. The topological polar surface area (TPSA) is 144 Å². The molecule has 0 bridgehead atoms. The smallest absolute Gasteiger partial charge is 0.326 e. The second kappa shape index (κ2) is 13.1. The average Bonchev–Trinajstić information content (AvgIpc) is 3.56. The molecule has 3 aliphatic heterocycles. The van der Waals surface area contributed by atoms with Crippen molar-refractivity contribution in [2.45, 2.75) is 68.3 Å². The molecule has 1 aromatic rings. The highest BCUT2D eigenvalue weighted by Crippen LogP contribution is 2.30. The van der Waals surface area contributed by atoms with Gasteiger partial charge in [0.15, 0.2) is 0 Å². The third-order valence-electron chi connectivity index (χ3n) is 7.83. The lowest BCUT2D eigenvalue weighted by molar-refractivity contribution is -0.143. The van der Waals surface area contributed by atoms with Gasteiger partial charge in [0.05, 0.1) is 4.90 Å². The Kier molecular flexibility index (Phi) is 9.97. The van der Waals surface area contributed by atoms with Gasteiger partial charge in [0.1, 0.15) is 12.1 Å². The number of hydrogen-bond donors (Lipinski definition) is 2. The number of carboxylic acids is 1. The second-order valence-electron chi connectivity index (χ2n) is 10.6. The molecule has 0 unspecified atom stereocenters. The Morgan fingerprint density at radius 3 is 2.27 bits per heavy atom. The first-order valence-electron chi connectivity index (χ1n) is 13.5. The van der Waals surface area contributed by atoms with E-state index >= 15 is 0 Å². The highest BCUT2D eigenvalue weighted by Gasteiger charge is 2.41. The summed E-state index contributed by atoms with van der Waals surface area (Å²) in [5.74, 6) is -1.70. The van der Waals surface area contributed by atoms with Gasteiger partial charge in [-0.3, -0.25) is 14.4 Å². The highest BCUT2D eigenvalue weighted by molar-refractivity contribution is 7.89. The number of nitrogens with one attached hydrogen (secondary N) is 1. The highest BCUT2D eigenvalue weighted by atomic mass is 35.5. The molecular weight excluding hydrogens is 583 g/mol. The van der Waals surface area contributed by atoms with Crippen LogP contribution in [0.15, 0.2) is 23.1 Å². The number of amides is 3. The van der Waals surface area contributed by atoms with Crippen LogP contribution in [0.5, 0.6) is 0 Å². The van der Waals surface area contributed by atoms with Crippen molar-refractivity contribution in [3.63, 3.8) is 0 Å². The quantitative estimate of drug-likeness (QED) is 0.410. The van der Waals surface area contributed by atoms with Crippen molar-refractivity contribution in [1.29, 1.82) is 0 Å². The zero-order valence-corrected chi connectivity index (χ0v) is 24.4. The number of benzene rings is 1. The lowest BCUT2D eigenvalue weighted by Crippen LogP contribution is -2.51. The Hall–Kier alpha value is -2.41. The zero-order valence-electron chi connectivity index (χ0n) is 22.1. The first-order chi connectivity index (χ1) is 19.0. The monoisotopic (exact) mass is 616 g/mol. The van der Waals surface area contributed by atoms with E-state index in [1.807, 2.05) is 4.90 Å². The van der Waals surface area contributed by atoms with Crippen molar-refractivity contribution in [1.82, 2.24) is 19.4 Å². The molecule has 2 N–H and O–H groups in total. The maximum atomic E-state index is 13.2. The molecular formula is C26H34Cl2N4O7S. The predicted octanol–water partition coefficient (Wildman–Crippen LogP) is 2.36. The van der Waals surface area contributed by atoms with Crippen molar-refractivity contribution < 1.29 is 32.7 Å². The molecule has 11 nitrogen and oxygen atoms in total. The second-order valence-corrected chi connectivity index (χ2v) is 13.3. The molecule has 3 aliphatic rings. The van der Waals surface area contributed by atoms with Crippen LogP contribution in [0.3, 0.4) is 0 Å². The molecule has 3 heterocycles. The number of nitrogens with zero attached hydrogens (tertiary/aromatic N) is 3. The minimum atomic E-state index is -4.12. The number of hydrogen-bond acceptors (Lipinski definition) is 6. The van der Waals surface area contributed by atoms with Gasteiger partial charge in [-0.15, -0.1) is 0 Å². The van der Waals surface area contributed by atoms with Crippen molar-refractivity contribution in [2.24, 2.45) is 5.92 Å². The fourth-order valence-corrected chi connectivity index (χ4v) is 8.01. The SMILES string of the molecule is O=C(O)[C@H](CCC(=O)N1CCC(CN2CCCC2=O)CC1)NC(=O)[C@@H]1CCCN1S(=O)(=O)c1cc(Cl)cc(Cl)c1. The van der Waals surface area contributed by atoms with Gasteiger partial charge in [0, 0.05) is 55.6 Å². The Morgan fingerprint density at radius 1 is 1.00 bits per heavy atom. The molecule has 3 saturated heterocycles. The first kappa shape index (κ1) is 30.5. The van der Waals surface area contributed by atoms with Crippen LogP contribution in [-0.4, -0.2) is 96.1 Å². The molecule has 0 aromatic heterocycles. The summed E-state index contributed by atoms with van der Waals surface area (Å²) >= 11 is 11.9. The molecule has 0 radical (unpaired) electrons. The number of piperidine rings is 1. The molecule has 3 amide bonds. The molecule has 0 saturated carbocycles. The summed E-state index contributed by atoms with van der Waals surface area (Å²) in [6, 6.07) is 1.45. The standard InChI is InChI=1S/C26H34Cl2N4O7S/c27-18-13-19(28)15-20(14-18)40(38,39)32-10-1-3-22(32)25(35)29-21(26(36)37)5-6-24(34)30-11-7-17(8-12-30)16-31-9-2-4-23(31)33/h13-15,17,21-22H,1-12,16H2,(H,29,35)(H,36,37)/t21-,22-/m0/s1. The maximum Gasteiger partial charge on any atom is 0.326 e. The van der Waals surface area contributed by atoms with E-state index < -0.39 is 34.0 Å². The Morgan fingerprint density at radius 2 is 1.68 bits per heavy atom. The summed E-state index contributed by atoms with van der Waals surface area (Å²) in [6.45, 7) is 2.67. The Balaban J connectivity index is 1.30. The van der Waals surface area contributed by atoms with Crippen LogP contribution in [-0.2, 0) is 29.2 Å². The normalized spacial score (nSPS) is 21.6. The molecule has 4 rings (SSSR count). The molecule has 0 aliphatic carbocycles. The molecule has 40 heavy (non-hydrogen) atoms. The van der Waals surface area contributed by atoms with E-state index in [4.69, 9.17) is 23.2 Å². The fourth-order valence-electron chi connectivity index (χ4n) is 5.63. The van der Waals surface area contributed by atoms with E-state index in [1.165, 1.54) is 18.2 Å². The largest absolute Gasteiger partial charge is 0.480 e. The molecule has 3 fully saturated rings. The summed E-state index contributed by atoms with van der Waals surface area (Å²) in [5.41, 5.74) is 0. The molecule has 0 spiro atoms. The van der Waals surface area contributed by atoms with Gasteiger partial charge in [0.2, 0.25) is 27.7 Å². The van der Waals surface area contributed by atoms with Gasteiger partial charge in [-0.1, -0.05) is 23.2 Å². The summed E-state index contributed by atoms with van der Waals surface area (Å²) < 4.78 is 27.5. The van der Waals surface area contributed by atoms with Crippen molar-refractivity contribution >= 4 is 56.9 Å². The van der Waals surface area contributed by atoms with Gasteiger partial charge in [-0.25, -0.2) is 13.2 Å². The van der Waals surface area contributed by atoms with Crippen LogP contribution < -0.4 is 5.32 Å². The van der Waals surface area contributed by atoms with Gasteiger partial charge >= 0.3 is 5.97 Å². The van der Waals surface area contributed by atoms with E-state index in [0.29, 0.717) is 38.4 Å². The Bertz CT molecular complexity index is 1230. The van der Waals surface area contributed by atoms with Gasteiger partial charge < -0.3 is 20.2 Å². The van der Waals surface area contributed by atoms with E-state index in [2.05, 4.69) is 5.32 Å². The first-order valence-corrected chi connectivity index (χ1v) is 15.7. The van der Waals surface area contributed by atoms with E-state index in [0.717, 1.165) is 30.1 Å². The van der Waals surface area contributed by atoms with Crippen molar-refractivity contribution in [2.75, 3.05) is 32.7 Å². The van der Waals surface area contributed by atoms with Crippen LogP contribution in [0.1, 0.15) is 51.4 Å². The third kappa shape index (κ3) is 7.26. The summed E-state index contributed by atoms with van der Waals surface area (Å²) in [4.78, 5) is 53.1. The van der Waals surface area contributed by atoms with Crippen LogP contribution in [0.2, 0.25) is 10.0 Å². The van der Waals surface area contributed by atoms with Crippen LogP contribution in [0.25, 0.3) is 0 Å². The number of halogens is 2. The summed E-state index contributed by atoms with van der Waals surface area (Å²) in [5, 5.41) is 12.4. The molecule has 2 atom stereocenters. The number of carboxylic acid groups (broad SMARTS) is 1. The van der Waals surface area contributed by atoms with Crippen LogP contribution >= 0.6 is 23.2 Å². The van der Waals surface area contributed by atoms with Gasteiger partial charge in [-0.05, 0) is 62.6 Å². The van der Waals surface area contributed by atoms with Gasteiger partial charge in [-0.2, -0.15) is 4.31 Å². The van der Waals surface area contributed by atoms with E-state index in [1.54, 1.807) is 4.90 Å². The van der Waals surface area contributed by atoms with Crippen molar-refractivity contribution in [3.05, 3.63) is 28.2 Å².